The quantitative estimate of drug-likeness (QED) is 0.767. The van der Waals surface area contributed by atoms with Gasteiger partial charge in [-0.25, -0.2) is 0 Å². The van der Waals surface area contributed by atoms with Crippen LogP contribution >= 0.6 is 0 Å². The zero-order valence-corrected chi connectivity index (χ0v) is 8.43. The number of para-hydroxylation sites is 1. The Hall–Kier alpha value is -1.55. The summed E-state index contributed by atoms with van der Waals surface area (Å²) in [5, 5.41) is 12.3. The number of ether oxygens (including phenoxy) is 1. The van der Waals surface area contributed by atoms with Crippen LogP contribution in [0.5, 0.6) is 0 Å². The van der Waals surface area contributed by atoms with Crippen molar-refractivity contribution in [2.45, 2.75) is 12.0 Å². The molecule has 0 spiro atoms. The second-order valence-corrected chi connectivity index (χ2v) is 3.56. The number of anilines is 1. The van der Waals surface area contributed by atoms with Gasteiger partial charge in [-0.1, -0.05) is 18.2 Å². The molecule has 1 aromatic rings. The van der Waals surface area contributed by atoms with Crippen LogP contribution in [0.1, 0.15) is 11.5 Å². The third kappa shape index (κ3) is 1.68. The maximum absolute atomic E-state index is 11.2. The van der Waals surface area contributed by atoms with E-state index in [1.807, 2.05) is 24.3 Å². The minimum atomic E-state index is -0.837. The van der Waals surface area contributed by atoms with Crippen molar-refractivity contribution in [3.63, 3.8) is 0 Å². The predicted molar refractivity (Wildman–Crippen MR) is 56.1 cm³/mol. The highest BCUT2D eigenvalue weighted by atomic mass is 16.5. The first-order chi connectivity index (χ1) is 7.24. The van der Waals surface area contributed by atoms with Gasteiger partial charge in [0.25, 0.3) is 0 Å². The first kappa shape index (κ1) is 9.98. The third-order valence-corrected chi connectivity index (χ3v) is 2.73. The van der Waals surface area contributed by atoms with Crippen molar-refractivity contribution in [2.75, 3.05) is 19.0 Å². The highest BCUT2D eigenvalue weighted by molar-refractivity contribution is 5.81. The minimum absolute atomic E-state index is 0.308. The number of benzene rings is 1. The molecule has 0 saturated heterocycles. The van der Waals surface area contributed by atoms with Gasteiger partial charge in [0.05, 0.1) is 6.10 Å². The average Bonchev–Trinajstić information content (AvgIpc) is 2.27. The lowest BCUT2D eigenvalue weighted by molar-refractivity contribution is -0.142. The molecule has 4 heteroatoms. The van der Waals surface area contributed by atoms with E-state index >= 15 is 0 Å². The summed E-state index contributed by atoms with van der Waals surface area (Å²) in [4.78, 5) is 11.2. The number of hydrogen-bond acceptors (Lipinski definition) is 3. The molecule has 2 rings (SSSR count). The van der Waals surface area contributed by atoms with E-state index in [-0.39, 0.29) is 6.10 Å². The van der Waals surface area contributed by atoms with Gasteiger partial charge < -0.3 is 15.2 Å². The molecular formula is C11H13NO3. The molecule has 0 aromatic heterocycles. The van der Waals surface area contributed by atoms with Crippen LogP contribution in [0.2, 0.25) is 0 Å². The summed E-state index contributed by atoms with van der Waals surface area (Å²) in [6, 6.07) is 7.44. The van der Waals surface area contributed by atoms with Crippen molar-refractivity contribution in [1.82, 2.24) is 0 Å². The molecule has 0 amide bonds. The van der Waals surface area contributed by atoms with Gasteiger partial charge in [0.1, 0.15) is 5.92 Å². The number of aliphatic carboxylic acids is 1. The first-order valence-corrected chi connectivity index (χ1v) is 4.82. The highest BCUT2D eigenvalue weighted by Gasteiger charge is 2.34. The molecule has 0 radical (unpaired) electrons. The third-order valence-electron chi connectivity index (χ3n) is 2.73. The van der Waals surface area contributed by atoms with Gasteiger partial charge in [0.15, 0.2) is 0 Å². The molecular weight excluding hydrogens is 194 g/mol. The van der Waals surface area contributed by atoms with Gasteiger partial charge in [0, 0.05) is 19.3 Å². The molecule has 0 aliphatic carbocycles. The van der Waals surface area contributed by atoms with Crippen LogP contribution in [-0.2, 0) is 9.53 Å². The SMILES string of the molecule is COC1CNc2ccccc2C1C(=O)O. The van der Waals surface area contributed by atoms with Crippen molar-refractivity contribution < 1.29 is 14.6 Å². The summed E-state index contributed by atoms with van der Waals surface area (Å²) >= 11 is 0. The summed E-state index contributed by atoms with van der Waals surface area (Å²) in [6.45, 7) is 0.532. The maximum atomic E-state index is 11.2. The van der Waals surface area contributed by atoms with Crippen molar-refractivity contribution >= 4 is 11.7 Å². The summed E-state index contributed by atoms with van der Waals surface area (Å²) in [5.74, 6) is -1.41. The number of carboxylic acids is 1. The van der Waals surface area contributed by atoms with Gasteiger partial charge >= 0.3 is 5.97 Å². The van der Waals surface area contributed by atoms with Gasteiger partial charge in [-0.3, -0.25) is 4.79 Å². The molecule has 0 fully saturated rings. The molecule has 1 aliphatic rings. The Morgan fingerprint density at radius 2 is 2.27 bits per heavy atom. The van der Waals surface area contributed by atoms with Crippen molar-refractivity contribution in [3.05, 3.63) is 29.8 Å². The molecule has 1 aliphatic heterocycles. The lowest BCUT2D eigenvalue weighted by Gasteiger charge is -2.30. The normalized spacial score (nSPS) is 24.1. The van der Waals surface area contributed by atoms with E-state index in [4.69, 9.17) is 4.74 Å². The molecule has 1 aromatic carbocycles. The van der Waals surface area contributed by atoms with Gasteiger partial charge in [0.2, 0.25) is 0 Å². The smallest absolute Gasteiger partial charge is 0.313 e. The zero-order chi connectivity index (χ0) is 10.8. The highest BCUT2D eigenvalue weighted by Crippen LogP contribution is 2.32. The Bertz CT molecular complexity index is 378. The topological polar surface area (TPSA) is 58.6 Å². The van der Waals surface area contributed by atoms with Crippen LogP contribution in [0.25, 0.3) is 0 Å². The van der Waals surface area contributed by atoms with Crippen LogP contribution in [0.15, 0.2) is 24.3 Å². The van der Waals surface area contributed by atoms with E-state index < -0.39 is 11.9 Å². The maximum Gasteiger partial charge on any atom is 0.313 e. The molecule has 15 heavy (non-hydrogen) atoms. The summed E-state index contributed by atoms with van der Waals surface area (Å²) in [6.07, 6.45) is -0.308. The van der Waals surface area contributed by atoms with Gasteiger partial charge in [-0.15, -0.1) is 0 Å². The number of fused-ring (bicyclic) bond motifs is 1. The fraction of sp³-hybridized carbons (Fsp3) is 0.364. The summed E-state index contributed by atoms with van der Waals surface area (Å²) in [7, 11) is 1.54. The van der Waals surface area contributed by atoms with Crippen LogP contribution in [-0.4, -0.2) is 30.8 Å². The van der Waals surface area contributed by atoms with Crippen LogP contribution in [0.4, 0.5) is 5.69 Å². The van der Waals surface area contributed by atoms with Crippen LogP contribution < -0.4 is 5.32 Å². The molecule has 4 nitrogen and oxygen atoms in total. The predicted octanol–water partition coefficient (Wildman–Crippen LogP) is 1.30. The molecule has 2 N–H and O–H groups in total. The Kier molecular flexibility index (Phi) is 2.60. The lowest BCUT2D eigenvalue weighted by Crippen LogP contribution is -2.38. The molecule has 0 saturated carbocycles. The van der Waals surface area contributed by atoms with Gasteiger partial charge in [-0.05, 0) is 11.6 Å². The van der Waals surface area contributed by atoms with Crippen molar-refractivity contribution in [2.24, 2.45) is 0 Å². The monoisotopic (exact) mass is 207 g/mol. The molecule has 1 heterocycles. The number of nitrogens with one attached hydrogen (secondary N) is 1. The van der Waals surface area contributed by atoms with Crippen molar-refractivity contribution in [1.29, 1.82) is 0 Å². The fourth-order valence-corrected chi connectivity index (χ4v) is 1.97. The van der Waals surface area contributed by atoms with E-state index in [0.717, 1.165) is 11.3 Å². The zero-order valence-electron chi connectivity index (χ0n) is 8.43. The second-order valence-electron chi connectivity index (χ2n) is 3.56. The van der Waals surface area contributed by atoms with Crippen LogP contribution in [0.3, 0.4) is 0 Å². The van der Waals surface area contributed by atoms with E-state index in [2.05, 4.69) is 5.32 Å². The average molecular weight is 207 g/mol. The van der Waals surface area contributed by atoms with E-state index in [9.17, 15) is 9.90 Å². The summed E-state index contributed by atoms with van der Waals surface area (Å²) in [5.41, 5.74) is 1.68. The minimum Gasteiger partial charge on any atom is -0.481 e. The Morgan fingerprint density at radius 1 is 1.53 bits per heavy atom. The Balaban J connectivity index is 2.43. The number of carboxylic acid groups (broad SMARTS) is 1. The number of hydrogen-bond donors (Lipinski definition) is 2. The number of carbonyl (C=O) groups is 1. The first-order valence-electron chi connectivity index (χ1n) is 4.82. The van der Waals surface area contributed by atoms with E-state index in [1.54, 1.807) is 0 Å². The molecule has 2 atom stereocenters. The summed E-state index contributed by atoms with van der Waals surface area (Å²) < 4.78 is 5.18. The van der Waals surface area contributed by atoms with E-state index in [0.29, 0.717) is 6.54 Å². The number of rotatable bonds is 2. The number of methoxy groups -OCH3 is 1. The second kappa shape index (κ2) is 3.90. The Labute approximate surface area is 87.9 Å². The largest absolute Gasteiger partial charge is 0.481 e. The molecule has 80 valence electrons. The molecule has 2 unspecified atom stereocenters. The fourth-order valence-electron chi connectivity index (χ4n) is 1.97. The van der Waals surface area contributed by atoms with Gasteiger partial charge in [-0.2, -0.15) is 0 Å². The van der Waals surface area contributed by atoms with Crippen LogP contribution in [0, 0.1) is 0 Å². The van der Waals surface area contributed by atoms with Crippen molar-refractivity contribution in [3.8, 4) is 0 Å². The standard InChI is InChI=1S/C11H13NO3/c1-15-9-6-12-8-5-3-2-4-7(8)10(9)11(13)14/h2-5,9-10,12H,6H2,1H3,(H,13,14). The Morgan fingerprint density at radius 3 is 2.93 bits per heavy atom. The molecule has 0 bridgehead atoms. The lowest BCUT2D eigenvalue weighted by atomic mass is 9.89. The van der Waals surface area contributed by atoms with E-state index in [1.165, 1.54) is 7.11 Å².